The highest BCUT2D eigenvalue weighted by Gasteiger charge is 2.32. The van der Waals surface area contributed by atoms with E-state index >= 15 is 0 Å². The van der Waals surface area contributed by atoms with Gasteiger partial charge in [0.05, 0.1) is 21.8 Å². The summed E-state index contributed by atoms with van der Waals surface area (Å²) in [4.78, 5) is 32.2. The van der Waals surface area contributed by atoms with Crippen LogP contribution < -0.4 is 10.5 Å². The van der Waals surface area contributed by atoms with E-state index in [0.29, 0.717) is 16.6 Å². The number of carboxylic acid groups (broad SMARTS) is 1. The fraction of sp³-hybridized carbons (Fsp3) is 0.200. The fourth-order valence-electron chi connectivity index (χ4n) is 3.75. The van der Waals surface area contributed by atoms with E-state index < -0.39 is 28.7 Å². The number of carbonyl (C=O) groups is 1. The molecule has 5 rings (SSSR count). The predicted molar refractivity (Wildman–Crippen MR) is 106 cm³/mol. The molecule has 152 valence electrons. The topological polar surface area (TPSA) is 115 Å². The number of amides is 1. The van der Waals surface area contributed by atoms with Crippen molar-refractivity contribution in [3.05, 3.63) is 52.3 Å². The van der Waals surface area contributed by atoms with Gasteiger partial charge in [0.15, 0.2) is 0 Å². The summed E-state index contributed by atoms with van der Waals surface area (Å²) >= 11 is 0. The number of hydrogen-bond acceptors (Lipinski definition) is 4. The number of halogens is 2. The highest BCUT2D eigenvalue weighted by molar-refractivity contribution is 5.97. The number of anilines is 1. The van der Waals surface area contributed by atoms with Crippen molar-refractivity contribution >= 4 is 33.8 Å². The summed E-state index contributed by atoms with van der Waals surface area (Å²) in [6.45, 7) is 0. The van der Waals surface area contributed by atoms with Crippen molar-refractivity contribution in [1.29, 1.82) is 0 Å². The van der Waals surface area contributed by atoms with Gasteiger partial charge in [0.1, 0.15) is 17.3 Å². The maximum atomic E-state index is 14.5. The molecule has 0 saturated heterocycles. The molecule has 2 aromatic heterocycles. The van der Waals surface area contributed by atoms with Crippen molar-refractivity contribution in [2.45, 2.75) is 25.3 Å². The quantitative estimate of drug-likeness (QED) is 0.475. The second-order valence-corrected chi connectivity index (χ2v) is 7.21. The van der Waals surface area contributed by atoms with E-state index in [0.717, 1.165) is 31.4 Å². The summed E-state index contributed by atoms with van der Waals surface area (Å²) in [5.74, 6) is -1.41. The van der Waals surface area contributed by atoms with Crippen LogP contribution in [0.25, 0.3) is 33.1 Å². The molecule has 1 amide bonds. The molecule has 1 fully saturated rings. The number of nitrogens with one attached hydrogen (secondary N) is 2. The lowest BCUT2D eigenvalue weighted by atomic mass is 9.92. The third-order valence-electron chi connectivity index (χ3n) is 5.45. The molecule has 4 aromatic rings. The van der Waals surface area contributed by atoms with E-state index in [9.17, 15) is 23.5 Å². The molecule has 1 aliphatic carbocycles. The van der Waals surface area contributed by atoms with Crippen molar-refractivity contribution in [3.8, 4) is 11.3 Å². The van der Waals surface area contributed by atoms with Crippen molar-refractivity contribution in [2.75, 3.05) is 4.90 Å². The van der Waals surface area contributed by atoms with E-state index in [4.69, 9.17) is 0 Å². The summed E-state index contributed by atoms with van der Waals surface area (Å²) in [7, 11) is 0. The van der Waals surface area contributed by atoms with Gasteiger partial charge in [-0.25, -0.2) is 28.6 Å². The standard InChI is InChI=1S/C20H15F2N5O3/c21-11-5-6-12(22)16-15(11)17(25-26-18(16)28)9-4-7-13-14(8-9)24-19(23-13)27(20(29)30)10-2-1-3-10/h4-8,10H,1-3H2,(H,23,24)(H,26,28)(H,29,30). The first kappa shape index (κ1) is 18.2. The monoisotopic (exact) mass is 411 g/mol. The van der Waals surface area contributed by atoms with Crippen LogP contribution in [0.2, 0.25) is 0 Å². The summed E-state index contributed by atoms with van der Waals surface area (Å²) in [6.07, 6.45) is 1.41. The van der Waals surface area contributed by atoms with Crippen LogP contribution in [0.1, 0.15) is 19.3 Å². The van der Waals surface area contributed by atoms with Crippen molar-refractivity contribution in [2.24, 2.45) is 0 Å². The van der Waals surface area contributed by atoms with Gasteiger partial charge in [-0.05, 0) is 43.5 Å². The largest absolute Gasteiger partial charge is 0.465 e. The van der Waals surface area contributed by atoms with Gasteiger partial charge in [-0.3, -0.25) is 4.79 Å². The zero-order chi connectivity index (χ0) is 21.0. The number of benzene rings is 2. The van der Waals surface area contributed by atoms with Crippen molar-refractivity contribution < 1.29 is 18.7 Å². The van der Waals surface area contributed by atoms with Crippen molar-refractivity contribution in [3.63, 3.8) is 0 Å². The Morgan fingerprint density at radius 1 is 1.13 bits per heavy atom. The first-order chi connectivity index (χ1) is 14.4. The third kappa shape index (κ3) is 2.71. The summed E-state index contributed by atoms with van der Waals surface area (Å²) in [5, 5.41) is 15.1. The molecule has 0 radical (unpaired) electrons. The minimum absolute atomic E-state index is 0.0636. The Bertz CT molecular complexity index is 1380. The molecule has 1 saturated carbocycles. The SMILES string of the molecule is O=C(O)N(c1nc2ccc(-c3n[nH]c(=O)c4c(F)ccc(F)c34)cc2[nH]1)C1CCC1. The average molecular weight is 411 g/mol. The van der Waals surface area contributed by atoms with Crippen molar-refractivity contribution in [1.82, 2.24) is 20.2 Å². The van der Waals surface area contributed by atoms with E-state index in [-0.39, 0.29) is 23.1 Å². The van der Waals surface area contributed by atoms with Crippen LogP contribution in [0.3, 0.4) is 0 Å². The van der Waals surface area contributed by atoms with Crippen LogP contribution in [-0.4, -0.2) is 37.4 Å². The number of H-pyrrole nitrogens is 2. The van der Waals surface area contributed by atoms with Crippen LogP contribution >= 0.6 is 0 Å². The maximum absolute atomic E-state index is 14.5. The second kappa shape index (κ2) is 6.61. The average Bonchev–Trinajstić information content (AvgIpc) is 3.09. The summed E-state index contributed by atoms with van der Waals surface area (Å²) in [5.41, 5.74) is 0.668. The molecule has 0 aliphatic heterocycles. The molecule has 1 aliphatic rings. The van der Waals surface area contributed by atoms with Gasteiger partial charge in [0.2, 0.25) is 5.95 Å². The second-order valence-electron chi connectivity index (χ2n) is 7.21. The number of hydrogen-bond donors (Lipinski definition) is 3. The molecule has 2 heterocycles. The Kier molecular flexibility index (Phi) is 4.02. The van der Waals surface area contributed by atoms with Gasteiger partial charge < -0.3 is 10.1 Å². The minimum Gasteiger partial charge on any atom is -0.465 e. The molecule has 8 nitrogen and oxygen atoms in total. The fourth-order valence-corrected chi connectivity index (χ4v) is 3.75. The van der Waals surface area contributed by atoms with Crippen LogP contribution in [0.4, 0.5) is 19.5 Å². The number of aromatic amines is 2. The van der Waals surface area contributed by atoms with E-state index in [1.165, 1.54) is 4.90 Å². The Labute approximate surface area is 167 Å². The molecule has 3 N–H and O–H groups in total. The zero-order valence-corrected chi connectivity index (χ0v) is 15.4. The Morgan fingerprint density at radius 3 is 2.53 bits per heavy atom. The number of aromatic nitrogens is 4. The van der Waals surface area contributed by atoms with Gasteiger partial charge in [-0.15, -0.1) is 0 Å². The van der Waals surface area contributed by atoms with Gasteiger partial charge in [0, 0.05) is 11.6 Å². The lowest BCUT2D eigenvalue weighted by Gasteiger charge is -2.33. The van der Waals surface area contributed by atoms with Crippen LogP contribution in [0.5, 0.6) is 0 Å². The van der Waals surface area contributed by atoms with Gasteiger partial charge in [-0.2, -0.15) is 5.10 Å². The molecule has 0 atom stereocenters. The number of fused-ring (bicyclic) bond motifs is 2. The highest BCUT2D eigenvalue weighted by atomic mass is 19.1. The first-order valence-electron chi connectivity index (χ1n) is 9.32. The smallest absolute Gasteiger partial charge is 0.414 e. The van der Waals surface area contributed by atoms with Gasteiger partial charge >= 0.3 is 6.09 Å². The Morgan fingerprint density at radius 2 is 1.87 bits per heavy atom. The molecular formula is C20H15F2N5O3. The highest BCUT2D eigenvalue weighted by Crippen LogP contribution is 2.32. The predicted octanol–water partition coefficient (Wildman–Crippen LogP) is 3.78. The third-order valence-corrected chi connectivity index (χ3v) is 5.45. The minimum atomic E-state index is -1.09. The van der Waals surface area contributed by atoms with E-state index in [1.807, 2.05) is 0 Å². The normalized spacial score (nSPS) is 14.2. The lowest BCUT2D eigenvalue weighted by Crippen LogP contribution is -2.44. The summed E-state index contributed by atoms with van der Waals surface area (Å²) < 4.78 is 28.7. The van der Waals surface area contributed by atoms with E-state index in [2.05, 4.69) is 20.2 Å². The first-order valence-corrected chi connectivity index (χ1v) is 9.32. The van der Waals surface area contributed by atoms with E-state index in [1.54, 1.807) is 18.2 Å². The van der Waals surface area contributed by atoms with Crippen LogP contribution in [0, 0.1) is 11.6 Å². The maximum Gasteiger partial charge on any atom is 0.414 e. The lowest BCUT2D eigenvalue weighted by molar-refractivity contribution is 0.193. The van der Waals surface area contributed by atoms with Gasteiger partial charge in [0.25, 0.3) is 5.56 Å². The Hall–Kier alpha value is -3.82. The number of imidazole rings is 1. The zero-order valence-electron chi connectivity index (χ0n) is 15.4. The molecule has 0 unspecified atom stereocenters. The molecule has 0 bridgehead atoms. The molecule has 0 spiro atoms. The molecular weight excluding hydrogens is 396 g/mol. The van der Waals surface area contributed by atoms with Gasteiger partial charge in [-0.1, -0.05) is 6.07 Å². The molecule has 30 heavy (non-hydrogen) atoms. The van der Waals surface area contributed by atoms with Crippen LogP contribution in [-0.2, 0) is 0 Å². The Balaban J connectivity index is 1.66. The number of rotatable bonds is 3. The number of nitrogens with zero attached hydrogens (tertiary/aromatic N) is 3. The summed E-state index contributed by atoms with van der Waals surface area (Å²) in [6, 6.07) is 6.55. The molecule has 2 aromatic carbocycles. The molecule has 10 heteroatoms. The van der Waals surface area contributed by atoms with Crippen LogP contribution in [0.15, 0.2) is 35.1 Å².